The van der Waals surface area contributed by atoms with E-state index in [4.69, 9.17) is 9.84 Å². The summed E-state index contributed by atoms with van der Waals surface area (Å²) >= 11 is 0. The van der Waals surface area contributed by atoms with Crippen LogP contribution >= 0.6 is 0 Å². The number of hydrogen-bond acceptors (Lipinski definition) is 3. The van der Waals surface area contributed by atoms with Gasteiger partial charge in [0.1, 0.15) is 0 Å². The second-order valence-electron chi connectivity index (χ2n) is 3.99. The molecule has 0 aromatic rings. The lowest BCUT2D eigenvalue weighted by Gasteiger charge is -2.21. The van der Waals surface area contributed by atoms with E-state index >= 15 is 0 Å². The first kappa shape index (κ1) is 13.2. The number of ether oxygens (including phenoxy) is 1. The summed E-state index contributed by atoms with van der Waals surface area (Å²) in [7, 11) is 0. The van der Waals surface area contributed by atoms with E-state index < -0.39 is 37.6 Å². The molecule has 0 aliphatic carbocycles. The Kier molecular flexibility index (Phi) is 4.46. The molecule has 0 aromatic carbocycles. The number of halogens is 2. The van der Waals surface area contributed by atoms with E-state index in [0.29, 0.717) is 6.42 Å². The van der Waals surface area contributed by atoms with Gasteiger partial charge in [-0.15, -0.1) is 0 Å². The second-order valence-corrected chi connectivity index (χ2v) is 3.99. The number of carbonyl (C=O) groups is 1. The van der Waals surface area contributed by atoms with Gasteiger partial charge in [-0.25, -0.2) is 13.6 Å². The fourth-order valence-electron chi connectivity index (χ4n) is 1.66. The fraction of sp³-hybridized carbons (Fsp3) is 0.900. The molecule has 16 heavy (non-hydrogen) atoms. The van der Waals surface area contributed by atoms with Crippen LogP contribution in [0.2, 0.25) is 0 Å². The molecule has 0 unspecified atom stereocenters. The van der Waals surface area contributed by atoms with Gasteiger partial charge in [-0.3, -0.25) is 4.90 Å². The Morgan fingerprint density at radius 1 is 1.62 bits per heavy atom. The third kappa shape index (κ3) is 3.30. The van der Waals surface area contributed by atoms with Crippen molar-refractivity contribution in [2.75, 3.05) is 19.8 Å². The van der Waals surface area contributed by atoms with E-state index in [-0.39, 0.29) is 6.61 Å². The van der Waals surface area contributed by atoms with E-state index in [1.807, 2.05) is 6.92 Å². The van der Waals surface area contributed by atoms with Gasteiger partial charge in [0.15, 0.2) is 0 Å². The van der Waals surface area contributed by atoms with Crippen molar-refractivity contribution in [3.8, 4) is 0 Å². The summed E-state index contributed by atoms with van der Waals surface area (Å²) < 4.78 is 30.9. The minimum Gasteiger partial charge on any atom is -0.449 e. The molecule has 0 bridgehead atoms. The van der Waals surface area contributed by atoms with Crippen LogP contribution in [0.15, 0.2) is 0 Å². The molecule has 1 saturated heterocycles. The Morgan fingerprint density at radius 3 is 2.88 bits per heavy atom. The molecular formula is C10H17F2NO3. The second kappa shape index (κ2) is 5.43. The zero-order valence-electron chi connectivity index (χ0n) is 9.29. The maximum atomic E-state index is 13.0. The third-order valence-corrected chi connectivity index (χ3v) is 2.55. The topological polar surface area (TPSA) is 49.8 Å². The highest BCUT2D eigenvalue weighted by molar-refractivity contribution is 5.68. The van der Waals surface area contributed by atoms with Crippen molar-refractivity contribution in [1.29, 1.82) is 0 Å². The average molecular weight is 237 g/mol. The fourth-order valence-corrected chi connectivity index (χ4v) is 1.66. The predicted molar refractivity (Wildman–Crippen MR) is 53.4 cm³/mol. The highest BCUT2D eigenvalue weighted by atomic mass is 19.3. The zero-order chi connectivity index (χ0) is 12.2. The third-order valence-electron chi connectivity index (χ3n) is 2.55. The smallest absolute Gasteiger partial charge is 0.410 e. The number of unbranched alkanes of at least 4 members (excludes halogenated alkanes) is 1. The van der Waals surface area contributed by atoms with Gasteiger partial charge in [-0.2, -0.15) is 0 Å². The number of rotatable bonds is 4. The highest BCUT2D eigenvalue weighted by Gasteiger charge is 2.47. The lowest BCUT2D eigenvalue weighted by atomic mass is 10.2. The Labute approximate surface area is 93.2 Å². The van der Waals surface area contributed by atoms with E-state index in [9.17, 15) is 13.6 Å². The number of nitrogens with zero attached hydrogens (tertiary/aromatic N) is 1. The molecule has 1 amide bonds. The van der Waals surface area contributed by atoms with Crippen molar-refractivity contribution >= 4 is 6.09 Å². The van der Waals surface area contributed by atoms with E-state index in [2.05, 4.69) is 0 Å². The molecule has 1 atom stereocenters. The first-order valence-corrected chi connectivity index (χ1v) is 5.42. The number of hydrogen-bond donors (Lipinski definition) is 1. The number of alkyl halides is 2. The van der Waals surface area contributed by atoms with Crippen molar-refractivity contribution in [1.82, 2.24) is 4.90 Å². The van der Waals surface area contributed by atoms with Gasteiger partial charge < -0.3 is 9.84 Å². The van der Waals surface area contributed by atoms with Crippen LogP contribution in [0.5, 0.6) is 0 Å². The monoisotopic (exact) mass is 237 g/mol. The van der Waals surface area contributed by atoms with Gasteiger partial charge in [0, 0.05) is 6.42 Å². The van der Waals surface area contributed by atoms with Crippen LogP contribution in [-0.4, -0.2) is 47.8 Å². The quantitative estimate of drug-likeness (QED) is 0.756. The molecule has 0 radical (unpaired) electrons. The molecule has 4 nitrogen and oxygen atoms in total. The highest BCUT2D eigenvalue weighted by Crippen LogP contribution is 2.32. The summed E-state index contributed by atoms with van der Waals surface area (Å²) in [5.41, 5.74) is 0. The Morgan fingerprint density at radius 2 is 2.31 bits per heavy atom. The minimum atomic E-state index is -2.92. The van der Waals surface area contributed by atoms with Gasteiger partial charge in [-0.05, 0) is 6.42 Å². The lowest BCUT2D eigenvalue weighted by molar-refractivity contribution is 0.0104. The molecule has 1 aliphatic rings. The number of carbonyl (C=O) groups excluding carboxylic acids is 1. The van der Waals surface area contributed by atoms with Crippen LogP contribution in [-0.2, 0) is 4.74 Å². The number of aliphatic hydroxyl groups excluding tert-OH is 1. The van der Waals surface area contributed by atoms with Crippen LogP contribution in [0.3, 0.4) is 0 Å². The number of amides is 1. The van der Waals surface area contributed by atoms with Crippen molar-refractivity contribution in [2.45, 2.75) is 38.2 Å². The minimum absolute atomic E-state index is 0.232. The molecule has 0 spiro atoms. The van der Waals surface area contributed by atoms with Crippen LogP contribution in [0.25, 0.3) is 0 Å². The molecule has 1 N–H and O–H groups in total. The lowest BCUT2D eigenvalue weighted by Crippen LogP contribution is -2.38. The molecule has 1 aliphatic heterocycles. The van der Waals surface area contributed by atoms with Gasteiger partial charge >= 0.3 is 6.09 Å². The summed E-state index contributed by atoms with van der Waals surface area (Å²) in [6.45, 7) is 1.05. The molecule has 1 heterocycles. The zero-order valence-corrected chi connectivity index (χ0v) is 9.29. The number of aliphatic hydroxyl groups is 1. The summed E-state index contributed by atoms with van der Waals surface area (Å²) in [6.07, 6.45) is 0.323. The first-order chi connectivity index (χ1) is 7.50. The van der Waals surface area contributed by atoms with Gasteiger partial charge in [0.25, 0.3) is 5.92 Å². The van der Waals surface area contributed by atoms with Crippen molar-refractivity contribution in [2.24, 2.45) is 0 Å². The molecular weight excluding hydrogens is 220 g/mol. The van der Waals surface area contributed by atoms with E-state index in [1.165, 1.54) is 0 Å². The van der Waals surface area contributed by atoms with Crippen LogP contribution < -0.4 is 0 Å². The largest absolute Gasteiger partial charge is 0.449 e. The maximum Gasteiger partial charge on any atom is 0.410 e. The van der Waals surface area contributed by atoms with Crippen molar-refractivity contribution < 1.29 is 23.4 Å². The summed E-state index contributed by atoms with van der Waals surface area (Å²) in [5, 5.41) is 8.91. The molecule has 1 fully saturated rings. The van der Waals surface area contributed by atoms with E-state index in [0.717, 1.165) is 11.3 Å². The molecule has 0 aromatic heterocycles. The van der Waals surface area contributed by atoms with Gasteiger partial charge in [0.2, 0.25) is 0 Å². The Bertz CT molecular complexity index is 248. The summed E-state index contributed by atoms with van der Waals surface area (Å²) in [5.74, 6) is -2.92. The summed E-state index contributed by atoms with van der Waals surface area (Å²) in [6, 6.07) is -0.830. The van der Waals surface area contributed by atoms with E-state index in [1.54, 1.807) is 0 Å². The first-order valence-electron chi connectivity index (χ1n) is 5.42. The maximum absolute atomic E-state index is 13.0. The molecule has 6 heteroatoms. The van der Waals surface area contributed by atoms with Crippen molar-refractivity contribution in [3.05, 3.63) is 0 Å². The predicted octanol–water partition coefficient (Wildman–Crippen LogP) is 1.63. The molecule has 94 valence electrons. The van der Waals surface area contributed by atoms with Crippen LogP contribution in [0, 0.1) is 0 Å². The number of likely N-dealkylation sites (tertiary alicyclic amines) is 1. The molecule has 1 rings (SSSR count). The summed E-state index contributed by atoms with van der Waals surface area (Å²) in [4.78, 5) is 12.3. The van der Waals surface area contributed by atoms with Gasteiger partial charge in [0.05, 0.1) is 25.8 Å². The van der Waals surface area contributed by atoms with Crippen LogP contribution in [0.1, 0.15) is 26.2 Å². The normalized spacial score (nSPS) is 23.5. The Hall–Kier alpha value is -0.910. The van der Waals surface area contributed by atoms with Crippen molar-refractivity contribution in [3.63, 3.8) is 0 Å². The van der Waals surface area contributed by atoms with Gasteiger partial charge in [-0.1, -0.05) is 13.3 Å². The molecule has 0 saturated carbocycles. The standard InChI is InChI=1S/C10H17F2NO3/c1-2-3-4-16-9(15)13-7-10(11,12)5-8(13)6-14/h8,14H,2-7H2,1H3/t8-/m1/s1. The van der Waals surface area contributed by atoms with Crippen LogP contribution in [0.4, 0.5) is 13.6 Å². The average Bonchev–Trinajstić information content (AvgIpc) is 2.54. The SMILES string of the molecule is CCCCOC(=O)N1CC(F)(F)C[C@@H]1CO. The Balaban J connectivity index is 2.48.